The lowest BCUT2D eigenvalue weighted by molar-refractivity contribution is -0.156. The Morgan fingerprint density at radius 1 is 1.02 bits per heavy atom. The molecular weight excluding hydrogens is 510 g/mol. The van der Waals surface area contributed by atoms with Gasteiger partial charge in [-0.05, 0) is 64.4 Å². The average Bonchev–Trinajstić information content (AvgIpc) is 3.34. The van der Waals surface area contributed by atoms with Gasteiger partial charge in [-0.15, -0.1) is 0 Å². The van der Waals surface area contributed by atoms with Gasteiger partial charge in [0.25, 0.3) is 0 Å². The molecule has 2 aliphatic rings. The Labute approximate surface area is 238 Å². The fourth-order valence-corrected chi connectivity index (χ4v) is 5.94. The summed E-state index contributed by atoms with van der Waals surface area (Å²) in [5, 5.41) is 3.21. The summed E-state index contributed by atoms with van der Waals surface area (Å²) in [6.45, 7) is 8.87. The molecule has 0 aromatic heterocycles. The number of carbonyl (C=O) groups is 4. The SMILES string of the molecule is CCCCCC(=O)N1CC[C@@H]2C[C@H](C(=O)OCC)N(C(=O)[C@@H](C)N[C@H](CCc3ccccc3)C(=O)OCC)[C@H]2C1. The van der Waals surface area contributed by atoms with Crippen LogP contribution >= 0.6 is 0 Å². The largest absolute Gasteiger partial charge is 0.465 e. The molecule has 2 amide bonds. The third kappa shape index (κ3) is 8.29. The quantitative estimate of drug-likeness (QED) is 0.276. The van der Waals surface area contributed by atoms with Gasteiger partial charge >= 0.3 is 11.9 Å². The van der Waals surface area contributed by atoms with Gasteiger partial charge in [0.1, 0.15) is 12.1 Å². The number of unbranched alkanes of at least 4 members (excludes halogenated alkanes) is 2. The predicted molar refractivity (Wildman–Crippen MR) is 152 cm³/mol. The molecule has 40 heavy (non-hydrogen) atoms. The Kier molecular flexibility index (Phi) is 12.4. The molecular formula is C31H47N3O6. The van der Waals surface area contributed by atoms with Crippen LogP contribution in [0.5, 0.6) is 0 Å². The highest BCUT2D eigenvalue weighted by Gasteiger charge is 2.50. The van der Waals surface area contributed by atoms with Gasteiger partial charge in [-0.2, -0.15) is 0 Å². The molecule has 1 aromatic rings. The Bertz CT molecular complexity index is 987. The molecule has 9 heteroatoms. The number of hydrogen-bond donors (Lipinski definition) is 1. The van der Waals surface area contributed by atoms with Gasteiger partial charge in [-0.3, -0.25) is 19.7 Å². The standard InChI is InChI=1S/C31H47N3O6/c1-5-8-10-15-28(35)33-19-18-24-20-26(31(38)40-7-3)34(27(24)21-33)29(36)22(4)32-25(30(37)39-6-2)17-16-23-13-11-9-12-14-23/h9,11-14,22,24-27,32H,5-8,10,15-21H2,1-4H3/t22-,24-,25-,26-,27+/m1/s1. The Morgan fingerprint density at radius 2 is 1.75 bits per heavy atom. The van der Waals surface area contributed by atoms with Gasteiger partial charge < -0.3 is 19.3 Å². The lowest BCUT2D eigenvalue weighted by atomic mass is 9.91. The van der Waals surface area contributed by atoms with Crippen molar-refractivity contribution in [3.05, 3.63) is 35.9 Å². The summed E-state index contributed by atoms with van der Waals surface area (Å²) < 4.78 is 10.7. The van der Waals surface area contributed by atoms with Crippen molar-refractivity contribution in [3.63, 3.8) is 0 Å². The first-order valence-corrected chi connectivity index (χ1v) is 15.0. The minimum absolute atomic E-state index is 0.105. The third-order valence-electron chi connectivity index (χ3n) is 8.06. The monoisotopic (exact) mass is 557 g/mol. The van der Waals surface area contributed by atoms with E-state index in [0.717, 1.165) is 31.2 Å². The molecule has 2 saturated heterocycles. The normalized spacial score (nSPS) is 21.9. The highest BCUT2D eigenvalue weighted by molar-refractivity contribution is 5.89. The molecule has 2 fully saturated rings. The topological polar surface area (TPSA) is 105 Å². The van der Waals surface area contributed by atoms with E-state index in [4.69, 9.17) is 9.47 Å². The number of likely N-dealkylation sites (tertiary alicyclic amines) is 2. The maximum Gasteiger partial charge on any atom is 0.328 e. The minimum atomic E-state index is -0.739. The smallest absolute Gasteiger partial charge is 0.328 e. The first-order valence-electron chi connectivity index (χ1n) is 15.0. The zero-order chi connectivity index (χ0) is 29.1. The first-order chi connectivity index (χ1) is 19.3. The van der Waals surface area contributed by atoms with Crippen LogP contribution in [0.3, 0.4) is 0 Å². The zero-order valence-corrected chi connectivity index (χ0v) is 24.6. The summed E-state index contributed by atoms with van der Waals surface area (Å²) in [4.78, 5) is 56.2. The maximum absolute atomic E-state index is 14.0. The molecule has 2 heterocycles. The van der Waals surface area contributed by atoms with Crippen LogP contribution in [0.15, 0.2) is 30.3 Å². The van der Waals surface area contributed by atoms with Crippen molar-refractivity contribution in [2.24, 2.45) is 5.92 Å². The Morgan fingerprint density at radius 3 is 2.42 bits per heavy atom. The second kappa shape index (κ2) is 15.7. The van der Waals surface area contributed by atoms with Gasteiger partial charge in [-0.1, -0.05) is 50.1 Å². The van der Waals surface area contributed by atoms with Crippen LogP contribution in [-0.2, 0) is 35.1 Å². The van der Waals surface area contributed by atoms with Crippen molar-refractivity contribution in [2.45, 2.75) is 103 Å². The van der Waals surface area contributed by atoms with Crippen LogP contribution in [0.2, 0.25) is 0 Å². The fourth-order valence-electron chi connectivity index (χ4n) is 5.94. The summed E-state index contributed by atoms with van der Waals surface area (Å²) in [5.41, 5.74) is 1.09. The first kappa shape index (κ1) is 31.6. The summed E-state index contributed by atoms with van der Waals surface area (Å²) in [6.07, 6.45) is 5.79. The number of piperidine rings is 1. The van der Waals surface area contributed by atoms with Crippen LogP contribution < -0.4 is 5.32 Å². The van der Waals surface area contributed by atoms with E-state index in [0.29, 0.717) is 38.8 Å². The van der Waals surface area contributed by atoms with E-state index in [1.54, 1.807) is 25.7 Å². The van der Waals surface area contributed by atoms with E-state index in [1.807, 2.05) is 35.2 Å². The van der Waals surface area contributed by atoms with Crippen molar-refractivity contribution in [1.29, 1.82) is 0 Å². The van der Waals surface area contributed by atoms with Crippen LogP contribution in [-0.4, -0.2) is 84.0 Å². The molecule has 2 aliphatic heterocycles. The Hall–Kier alpha value is -2.94. The van der Waals surface area contributed by atoms with Crippen molar-refractivity contribution in [3.8, 4) is 0 Å². The van der Waals surface area contributed by atoms with E-state index >= 15 is 0 Å². The molecule has 0 bridgehead atoms. The van der Waals surface area contributed by atoms with Crippen molar-refractivity contribution >= 4 is 23.8 Å². The second-order valence-corrected chi connectivity index (χ2v) is 10.9. The number of hydrogen-bond acceptors (Lipinski definition) is 7. The molecule has 3 rings (SSSR count). The van der Waals surface area contributed by atoms with Gasteiger partial charge in [0, 0.05) is 19.5 Å². The van der Waals surface area contributed by atoms with E-state index in [-0.39, 0.29) is 37.0 Å². The second-order valence-electron chi connectivity index (χ2n) is 10.9. The molecule has 0 saturated carbocycles. The number of fused-ring (bicyclic) bond motifs is 1. The molecule has 9 nitrogen and oxygen atoms in total. The van der Waals surface area contributed by atoms with Crippen LogP contribution in [0.4, 0.5) is 0 Å². The number of carbonyl (C=O) groups excluding carboxylic acids is 4. The number of rotatable bonds is 14. The molecule has 0 radical (unpaired) electrons. The summed E-state index contributed by atoms with van der Waals surface area (Å²) >= 11 is 0. The van der Waals surface area contributed by atoms with Crippen LogP contribution in [0.25, 0.3) is 0 Å². The predicted octanol–water partition coefficient (Wildman–Crippen LogP) is 3.49. The highest BCUT2D eigenvalue weighted by Crippen LogP contribution is 2.37. The number of aryl methyl sites for hydroxylation is 1. The van der Waals surface area contributed by atoms with Crippen LogP contribution in [0.1, 0.15) is 78.2 Å². The number of ether oxygens (including phenoxy) is 2. The van der Waals surface area contributed by atoms with Gasteiger partial charge in [0.15, 0.2) is 0 Å². The third-order valence-corrected chi connectivity index (χ3v) is 8.06. The number of nitrogens with zero attached hydrogens (tertiary/aromatic N) is 2. The lowest BCUT2D eigenvalue weighted by Gasteiger charge is -2.40. The van der Waals surface area contributed by atoms with Gasteiger partial charge in [-0.25, -0.2) is 4.79 Å². The molecule has 0 aliphatic carbocycles. The Balaban J connectivity index is 1.76. The highest BCUT2D eigenvalue weighted by atomic mass is 16.5. The van der Waals surface area contributed by atoms with Crippen molar-refractivity contribution < 1.29 is 28.7 Å². The minimum Gasteiger partial charge on any atom is -0.465 e. The number of nitrogens with one attached hydrogen (secondary N) is 1. The maximum atomic E-state index is 14.0. The van der Waals surface area contributed by atoms with E-state index in [9.17, 15) is 19.2 Å². The number of esters is 2. The van der Waals surface area contributed by atoms with E-state index < -0.39 is 30.1 Å². The zero-order valence-electron chi connectivity index (χ0n) is 24.6. The van der Waals surface area contributed by atoms with Gasteiger partial charge in [0.05, 0.1) is 25.3 Å². The lowest BCUT2D eigenvalue weighted by Crippen LogP contribution is -2.59. The molecule has 0 spiro atoms. The number of amides is 2. The van der Waals surface area contributed by atoms with E-state index in [2.05, 4.69) is 12.2 Å². The molecule has 1 N–H and O–H groups in total. The fraction of sp³-hybridized carbons (Fsp3) is 0.677. The molecule has 0 unspecified atom stereocenters. The van der Waals surface area contributed by atoms with Gasteiger partial charge in [0.2, 0.25) is 11.8 Å². The van der Waals surface area contributed by atoms with E-state index in [1.165, 1.54) is 0 Å². The van der Waals surface area contributed by atoms with Crippen molar-refractivity contribution in [2.75, 3.05) is 26.3 Å². The molecule has 222 valence electrons. The summed E-state index contributed by atoms with van der Waals surface area (Å²) in [5.74, 6) is -0.859. The molecule has 5 atom stereocenters. The summed E-state index contributed by atoms with van der Waals surface area (Å²) in [7, 11) is 0. The van der Waals surface area contributed by atoms with Crippen LogP contribution in [0, 0.1) is 5.92 Å². The summed E-state index contributed by atoms with van der Waals surface area (Å²) in [6, 6.07) is 7.48. The van der Waals surface area contributed by atoms with Crippen molar-refractivity contribution in [1.82, 2.24) is 15.1 Å². The average molecular weight is 558 g/mol. The molecule has 1 aromatic carbocycles. The number of benzene rings is 1.